The van der Waals surface area contributed by atoms with Gasteiger partial charge >= 0.3 is 0 Å². The van der Waals surface area contributed by atoms with Crippen molar-refractivity contribution < 1.29 is 30.0 Å². The number of pyridine rings is 1. The molecule has 0 atom stereocenters. The maximum atomic E-state index is 12.3. The average molecular weight is 977 g/mol. The van der Waals surface area contributed by atoms with Crippen molar-refractivity contribution in [3.05, 3.63) is 89.8 Å². The number of fused-ring (bicyclic) bond motifs is 4. The number of aromatic nitrogens is 1. The first-order valence-corrected chi connectivity index (χ1v) is 23.0. The van der Waals surface area contributed by atoms with Gasteiger partial charge in [-0.3, -0.25) is 9.78 Å². The van der Waals surface area contributed by atoms with Gasteiger partial charge in [-0.15, -0.1) is 40.5 Å². The molecule has 2 aliphatic rings. The van der Waals surface area contributed by atoms with E-state index in [0.29, 0.717) is 35.0 Å². The standard InChI is InChI=1S/C36H38NS.C17H32O2.Ir/c1-35(2,3)31-23-26(22-25-10-5-6-11-27(25)31)32-34-30(16-21-37-32)29-13-9-12-28(33(29)38-34)24-14-19-36(20-15-24)17-7-4-8-18-36;1-10(2)16(11(3)4)14(18)9-15(19)17(12(5)6)13(7)8;/h5-6,9-13,16,21,23-24H,4,7-8,14-15,17-20H2,1-3H3;9-13,16-18H,1-8H3;/q-1;;/b;14-9-;. The van der Waals surface area contributed by atoms with Gasteiger partial charge in [0.2, 0.25) is 0 Å². The Morgan fingerprint density at radius 3 is 1.97 bits per heavy atom. The van der Waals surface area contributed by atoms with E-state index in [1.807, 2.05) is 17.5 Å². The van der Waals surface area contributed by atoms with Crippen molar-refractivity contribution in [2.75, 3.05) is 0 Å². The Balaban J connectivity index is 0.000000275. The molecule has 2 heterocycles. The van der Waals surface area contributed by atoms with Crippen molar-refractivity contribution in [3.63, 3.8) is 0 Å². The number of benzene rings is 3. The molecule has 0 bridgehead atoms. The zero-order valence-electron chi connectivity index (χ0n) is 37.3. The van der Waals surface area contributed by atoms with Crippen LogP contribution in [0.2, 0.25) is 0 Å². The molecule has 0 amide bonds. The summed E-state index contributed by atoms with van der Waals surface area (Å²) in [4.78, 5) is 17.3. The van der Waals surface area contributed by atoms with Crippen molar-refractivity contribution in [1.29, 1.82) is 0 Å². The minimum absolute atomic E-state index is 0. The fourth-order valence-electron chi connectivity index (χ4n) is 10.8. The summed E-state index contributed by atoms with van der Waals surface area (Å²) in [5, 5.41) is 15.5. The fourth-order valence-corrected chi connectivity index (χ4v) is 12.2. The zero-order chi connectivity index (χ0) is 41.2. The predicted octanol–water partition coefficient (Wildman–Crippen LogP) is 15.8. The van der Waals surface area contributed by atoms with Gasteiger partial charge in [-0.2, -0.15) is 0 Å². The summed E-state index contributed by atoms with van der Waals surface area (Å²) in [6, 6.07) is 24.1. The number of hydrogen-bond donors (Lipinski definition) is 1. The van der Waals surface area contributed by atoms with E-state index in [2.05, 4.69) is 137 Å². The minimum atomic E-state index is -0.0119. The van der Waals surface area contributed by atoms with Crippen molar-refractivity contribution in [3.8, 4) is 11.3 Å². The summed E-state index contributed by atoms with van der Waals surface area (Å²) < 4.78 is 2.79. The first-order chi connectivity index (χ1) is 27.0. The molecule has 2 fully saturated rings. The number of allylic oxidation sites excluding steroid dienone is 2. The van der Waals surface area contributed by atoms with E-state index in [9.17, 15) is 9.90 Å². The molecule has 1 spiro atoms. The number of rotatable bonds is 9. The van der Waals surface area contributed by atoms with Crippen LogP contribution in [0.5, 0.6) is 0 Å². The Morgan fingerprint density at radius 1 is 0.776 bits per heavy atom. The van der Waals surface area contributed by atoms with Crippen molar-refractivity contribution >= 4 is 48.1 Å². The number of ketones is 1. The molecular formula is C53H70IrNO2S-. The van der Waals surface area contributed by atoms with Gasteiger partial charge in [-0.25, -0.2) is 0 Å². The Hall–Kier alpha value is -2.85. The number of nitrogens with zero attached hydrogens (tertiary/aromatic N) is 1. The number of hydrogen-bond acceptors (Lipinski definition) is 4. The van der Waals surface area contributed by atoms with E-state index >= 15 is 0 Å². The van der Waals surface area contributed by atoms with Gasteiger partial charge in [0.25, 0.3) is 0 Å². The van der Waals surface area contributed by atoms with Crippen LogP contribution in [0.1, 0.15) is 151 Å². The van der Waals surface area contributed by atoms with Crippen LogP contribution in [0.4, 0.5) is 0 Å². The number of carbonyl (C=O) groups excluding carboxylic acids is 1. The second-order valence-corrected chi connectivity index (χ2v) is 21.1. The van der Waals surface area contributed by atoms with Crippen LogP contribution in [-0.4, -0.2) is 15.9 Å². The third-order valence-corrected chi connectivity index (χ3v) is 14.8. The van der Waals surface area contributed by atoms with Crippen LogP contribution < -0.4 is 0 Å². The van der Waals surface area contributed by atoms with Crippen molar-refractivity contribution in [2.45, 2.75) is 145 Å². The first kappa shape index (κ1) is 46.2. The van der Waals surface area contributed by atoms with E-state index in [4.69, 9.17) is 4.98 Å². The monoisotopic (exact) mass is 977 g/mol. The van der Waals surface area contributed by atoms with E-state index in [-0.39, 0.29) is 48.9 Å². The van der Waals surface area contributed by atoms with Crippen LogP contribution in [0.3, 0.4) is 0 Å². The molecule has 3 aromatic carbocycles. The van der Waals surface area contributed by atoms with Crippen LogP contribution in [0, 0.1) is 47.0 Å². The quantitative estimate of drug-likeness (QED) is 0.0910. The minimum Gasteiger partial charge on any atom is -0.512 e. The summed E-state index contributed by atoms with van der Waals surface area (Å²) in [6.07, 6.45) is 16.3. The predicted molar refractivity (Wildman–Crippen MR) is 246 cm³/mol. The Bertz CT molecular complexity index is 2170. The molecule has 2 aromatic heterocycles. The number of aliphatic hydroxyl groups is 1. The second kappa shape index (κ2) is 19.2. The van der Waals surface area contributed by atoms with Gasteiger partial charge in [0.1, 0.15) is 0 Å². The van der Waals surface area contributed by atoms with Crippen LogP contribution in [0.25, 0.3) is 42.2 Å². The molecule has 2 saturated carbocycles. The molecule has 0 aliphatic heterocycles. The maximum Gasteiger partial charge on any atom is 0.162 e. The third-order valence-electron chi connectivity index (χ3n) is 13.5. The van der Waals surface area contributed by atoms with Crippen LogP contribution in [0.15, 0.2) is 72.6 Å². The Labute approximate surface area is 368 Å². The van der Waals surface area contributed by atoms with Crippen molar-refractivity contribution in [2.24, 2.45) is 40.9 Å². The number of aliphatic hydroxyl groups excluding tert-OH is 1. The van der Waals surface area contributed by atoms with E-state index in [0.717, 1.165) is 11.3 Å². The SMILES string of the molecule is CC(C)(C)c1cc(-c2nccc3c2sc2c(C4CCC5(CCCCC5)CC4)cccc23)[c-]c2ccccc12.CC(C)C(C(=O)/C=C(\O)C(C(C)C)C(C)C)C(C)C.[Ir]. The zero-order valence-corrected chi connectivity index (χ0v) is 40.5. The van der Waals surface area contributed by atoms with Crippen LogP contribution in [-0.2, 0) is 30.3 Å². The van der Waals surface area contributed by atoms with Gasteiger partial charge in [-0.05, 0) is 96.0 Å². The normalized spacial score (nSPS) is 16.7. The number of carbonyl (C=O) groups is 1. The molecule has 315 valence electrons. The summed E-state index contributed by atoms with van der Waals surface area (Å²) in [7, 11) is 0. The van der Waals surface area contributed by atoms with E-state index < -0.39 is 0 Å². The molecule has 0 saturated heterocycles. The molecule has 5 heteroatoms. The summed E-state index contributed by atoms with van der Waals surface area (Å²) in [6.45, 7) is 23.5. The van der Waals surface area contributed by atoms with Gasteiger partial charge < -0.3 is 5.11 Å². The average Bonchev–Trinajstić information content (AvgIpc) is 3.54. The summed E-state index contributed by atoms with van der Waals surface area (Å²) >= 11 is 1.97. The largest absolute Gasteiger partial charge is 0.512 e. The summed E-state index contributed by atoms with van der Waals surface area (Å²) in [5.41, 5.74) is 5.84. The third kappa shape index (κ3) is 10.0. The van der Waals surface area contributed by atoms with Crippen molar-refractivity contribution in [1.82, 2.24) is 4.98 Å². The van der Waals surface area contributed by atoms with Gasteiger partial charge in [0.05, 0.1) is 5.76 Å². The molecule has 1 radical (unpaired) electrons. The van der Waals surface area contributed by atoms with Crippen LogP contribution >= 0.6 is 11.3 Å². The molecule has 7 rings (SSSR count). The molecule has 5 aromatic rings. The molecular weight excluding hydrogens is 907 g/mol. The topological polar surface area (TPSA) is 50.2 Å². The molecule has 3 nitrogen and oxygen atoms in total. The van der Waals surface area contributed by atoms with Gasteiger partial charge in [0.15, 0.2) is 5.78 Å². The Kier molecular flexibility index (Phi) is 15.3. The smallest absolute Gasteiger partial charge is 0.162 e. The molecule has 58 heavy (non-hydrogen) atoms. The summed E-state index contributed by atoms with van der Waals surface area (Å²) in [5.74, 6) is 2.32. The van der Waals surface area contributed by atoms with Gasteiger partial charge in [0, 0.05) is 64.7 Å². The fraction of sp³-hybridized carbons (Fsp3) is 0.547. The maximum absolute atomic E-state index is 12.3. The number of thiophene rings is 1. The second-order valence-electron chi connectivity index (χ2n) is 20.1. The van der Waals surface area contributed by atoms with Gasteiger partial charge in [-0.1, -0.05) is 143 Å². The molecule has 2 aliphatic carbocycles. The molecule has 1 N–H and O–H groups in total. The van der Waals surface area contributed by atoms with E-state index in [1.165, 1.54) is 100 Å². The Morgan fingerprint density at radius 2 is 1.36 bits per heavy atom. The molecule has 0 unspecified atom stereocenters. The van der Waals surface area contributed by atoms with E-state index in [1.54, 1.807) is 5.56 Å². The first-order valence-electron chi connectivity index (χ1n) is 22.2.